The highest BCUT2D eigenvalue weighted by atomic mass is 14.9. The van der Waals surface area contributed by atoms with Crippen molar-refractivity contribution in [1.82, 2.24) is 0 Å². The molecule has 84 valence electrons. The lowest BCUT2D eigenvalue weighted by Crippen LogP contribution is -2.15. The Hall–Kier alpha value is -0.980. The second kappa shape index (κ2) is 5.79. The molecule has 1 rings (SSSR count). The van der Waals surface area contributed by atoms with Gasteiger partial charge in [-0.2, -0.15) is 0 Å². The molecule has 0 fully saturated rings. The Morgan fingerprint density at radius 1 is 1.07 bits per heavy atom. The van der Waals surface area contributed by atoms with E-state index in [4.69, 9.17) is 0 Å². The van der Waals surface area contributed by atoms with Crippen LogP contribution in [0.2, 0.25) is 0 Å². The zero-order valence-corrected chi connectivity index (χ0v) is 10.4. The second-order valence-electron chi connectivity index (χ2n) is 4.35. The first-order valence-corrected chi connectivity index (χ1v) is 6.04. The maximum Gasteiger partial charge on any atom is 0.0377 e. The van der Waals surface area contributed by atoms with Crippen molar-refractivity contribution in [3.63, 3.8) is 0 Å². The summed E-state index contributed by atoms with van der Waals surface area (Å²) in [7, 11) is 0. The summed E-state index contributed by atoms with van der Waals surface area (Å²) in [4.78, 5) is 0. The molecule has 1 nitrogen and oxygen atoms in total. The Balaban J connectivity index is 2.86. The minimum Gasteiger partial charge on any atom is -0.382 e. The molecule has 0 bridgehead atoms. The molecule has 0 heterocycles. The van der Waals surface area contributed by atoms with Crippen LogP contribution in [0.4, 0.5) is 5.69 Å². The summed E-state index contributed by atoms with van der Waals surface area (Å²) in [5, 5.41) is 3.58. The van der Waals surface area contributed by atoms with E-state index in [1.807, 2.05) is 0 Å². The lowest BCUT2D eigenvalue weighted by molar-refractivity contribution is 0.722. The van der Waals surface area contributed by atoms with Crippen LogP contribution in [0, 0.1) is 0 Å². The van der Waals surface area contributed by atoms with Crippen molar-refractivity contribution in [2.24, 2.45) is 0 Å². The van der Waals surface area contributed by atoms with Crippen LogP contribution >= 0.6 is 0 Å². The Kier molecular flexibility index (Phi) is 4.67. The van der Waals surface area contributed by atoms with Gasteiger partial charge in [0.15, 0.2) is 0 Å². The number of nitrogens with one attached hydrogen (secondary N) is 1. The van der Waals surface area contributed by atoms with Crippen LogP contribution in [0.3, 0.4) is 0 Å². The number of benzene rings is 1. The van der Waals surface area contributed by atoms with Crippen molar-refractivity contribution >= 4 is 5.69 Å². The van der Waals surface area contributed by atoms with Crippen LogP contribution in [-0.2, 0) is 0 Å². The molecule has 0 aromatic heterocycles. The minimum atomic E-state index is 0.551. The fourth-order valence-corrected chi connectivity index (χ4v) is 1.65. The molecule has 15 heavy (non-hydrogen) atoms. The van der Waals surface area contributed by atoms with Crippen LogP contribution in [-0.4, -0.2) is 6.04 Å². The van der Waals surface area contributed by atoms with Gasteiger partial charge in [0, 0.05) is 11.7 Å². The van der Waals surface area contributed by atoms with Crippen LogP contribution in [0.5, 0.6) is 0 Å². The predicted molar refractivity (Wildman–Crippen MR) is 68.5 cm³/mol. The van der Waals surface area contributed by atoms with Crippen LogP contribution < -0.4 is 5.32 Å². The summed E-state index contributed by atoms with van der Waals surface area (Å²) in [5.41, 5.74) is 2.75. The largest absolute Gasteiger partial charge is 0.382 e. The van der Waals surface area contributed by atoms with Crippen molar-refractivity contribution in [1.29, 1.82) is 0 Å². The first-order valence-electron chi connectivity index (χ1n) is 6.04. The Morgan fingerprint density at radius 2 is 1.73 bits per heavy atom. The number of hydrogen-bond acceptors (Lipinski definition) is 1. The molecule has 1 aromatic carbocycles. The van der Waals surface area contributed by atoms with Crippen LogP contribution in [0.15, 0.2) is 24.3 Å². The van der Waals surface area contributed by atoms with Crippen molar-refractivity contribution in [2.75, 3.05) is 5.32 Å². The zero-order chi connectivity index (χ0) is 11.3. The molecule has 0 spiro atoms. The molecule has 2 atom stereocenters. The summed E-state index contributed by atoms with van der Waals surface area (Å²) in [6.45, 7) is 8.97. The van der Waals surface area contributed by atoms with Gasteiger partial charge >= 0.3 is 0 Å². The lowest BCUT2D eigenvalue weighted by atomic mass is 9.96. The first kappa shape index (κ1) is 12.1. The van der Waals surface area contributed by atoms with Gasteiger partial charge in [-0.3, -0.25) is 0 Å². The highest BCUT2D eigenvalue weighted by Gasteiger charge is 2.09. The average molecular weight is 205 g/mol. The van der Waals surface area contributed by atoms with Crippen molar-refractivity contribution < 1.29 is 0 Å². The normalized spacial score (nSPS) is 14.7. The molecule has 0 aliphatic heterocycles. The third-order valence-corrected chi connectivity index (χ3v) is 3.12. The predicted octanol–water partition coefficient (Wildman–Crippen LogP) is 4.41. The Morgan fingerprint density at radius 3 is 2.33 bits per heavy atom. The van der Waals surface area contributed by atoms with Gasteiger partial charge in [0.2, 0.25) is 0 Å². The van der Waals surface area contributed by atoms with E-state index in [0.717, 1.165) is 6.42 Å². The van der Waals surface area contributed by atoms with E-state index < -0.39 is 0 Å². The molecular formula is C14H23N. The second-order valence-corrected chi connectivity index (χ2v) is 4.35. The number of hydrogen-bond donors (Lipinski definition) is 1. The van der Waals surface area contributed by atoms with Gasteiger partial charge in [-0.05, 0) is 37.3 Å². The summed E-state index contributed by atoms with van der Waals surface area (Å²) in [5.74, 6) is 0.637. The van der Waals surface area contributed by atoms with Crippen molar-refractivity contribution in [3.8, 4) is 0 Å². The maximum atomic E-state index is 3.58. The SMILES string of the molecule is CCC(C)Nc1ccccc1C(C)CC. The summed E-state index contributed by atoms with van der Waals surface area (Å²) in [6.07, 6.45) is 2.36. The van der Waals surface area contributed by atoms with E-state index >= 15 is 0 Å². The van der Waals surface area contributed by atoms with Crippen LogP contribution in [0.1, 0.15) is 52.0 Å². The van der Waals surface area contributed by atoms with Crippen molar-refractivity contribution in [3.05, 3.63) is 29.8 Å². The van der Waals surface area contributed by atoms with Gasteiger partial charge in [-0.1, -0.05) is 39.0 Å². The van der Waals surface area contributed by atoms with E-state index in [1.54, 1.807) is 0 Å². The molecule has 1 heteroatoms. The smallest absolute Gasteiger partial charge is 0.0377 e. The molecule has 1 aromatic rings. The molecule has 0 saturated heterocycles. The molecule has 1 N–H and O–H groups in total. The van der Waals surface area contributed by atoms with Gasteiger partial charge < -0.3 is 5.32 Å². The summed E-state index contributed by atoms with van der Waals surface area (Å²) < 4.78 is 0. The lowest BCUT2D eigenvalue weighted by Gasteiger charge is -2.19. The van der Waals surface area contributed by atoms with E-state index in [1.165, 1.54) is 17.7 Å². The molecule has 0 aliphatic rings. The average Bonchev–Trinajstić information content (AvgIpc) is 2.28. The third-order valence-electron chi connectivity index (χ3n) is 3.12. The third kappa shape index (κ3) is 3.26. The molecule has 0 aliphatic carbocycles. The van der Waals surface area contributed by atoms with Gasteiger partial charge in [0.25, 0.3) is 0 Å². The number of para-hydroxylation sites is 1. The van der Waals surface area contributed by atoms with Gasteiger partial charge in [0.1, 0.15) is 0 Å². The van der Waals surface area contributed by atoms with Gasteiger partial charge in [0.05, 0.1) is 0 Å². The van der Waals surface area contributed by atoms with E-state index in [9.17, 15) is 0 Å². The highest BCUT2D eigenvalue weighted by Crippen LogP contribution is 2.27. The van der Waals surface area contributed by atoms with E-state index in [0.29, 0.717) is 12.0 Å². The fourth-order valence-electron chi connectivity index (χ4n) is 1.65. The number of anilines is 1. The maximum absolute atomic E-state index is 3.58. The van der Waals surface area contributed by atoms with Gasteiger partial charge in [-0.25, -0.2) is 0 Å². The molecule has 0 radical (unpaired) electrons. The zero-order valence-electron chi connectivity index (χ0n) is 10.4. The van der Waals surface area contributed by atoms with E-state index in [2.05, 4.69) is 57.3 Å². The fraction of sp³-hybridized carbons (Fsp3) is 0.571. The molecule has 2 unspecified atom stereocenters. The monoisotopic (exact) mass is 205 g/mol. The molecule has 0 amide bonds. The van der Waals surface area contributed by atoms with E-state index in [-0.39, 0.29) is 0 Å². The summed E-state index contributed by atoms with van der Waals surface area (Å²) in [6, 6.07) is 9.21. The topological polar surface area (TPSA) is 12.0 Å². The Bertz CT molecular complexity index is 293. The number of rotatable bonds is 5. The van der Waals surface area contributed by atoms with Crippen LogP contribution in [0.25, 0.3) is 0 Å². The molecular weight excluding hydrogens is 182 g/mol. The van der Waals surface area contributed by atoms with Crippen molar-refractivity contribution in [2.45, 2.75) is 52.5 Å². The standard InChI is InChI=1S/C14H23N/c1-5-11(3)13-9-7-8-10-14(13)15-12(4)6-2/h7-12,15H,5-6H2,1-4H3. The Labute approximate surface area is 93.9 Å². The minimum absolute atomic E-state index is 0.551. The van der Waals surface area contributed by atoms with Gasteiger partial charge in [-0.15, -0.1) is 0 Å². The molecule has 0 saturated carbocycles. The first-order chi connectivity index (χ1) is 7.19. The summed E-state index contributed by atoms with van der Waals surface area (Å²) >= 11 is 0. The highest BCUT2D eigenvalue weighted by molar-refractivity contribution is 5.53. The quantitative estimate of drug-likeness (QED) is 0.750.